The molecule has 0 aliphatic carbocycles. The summed E-state index contributed by atoms with van der Waals surface area (Å²) in [5, 5.41) is 12.2. The number of benzene rings is 2. The second-order valence-corrected chi connectivity index (χ2v) is 6.03. The van der Waals surface area contributed by atoms with Crippen molar-refractivity contribution in [2.24, 2.45) is 5.10 Å². The van der Waals surface area contributed by atoms with Crippen molar-refractivity contribution >= 4 is 17.9 Å². The molecule has 3 aromatic rings. The van der Waals surface area contributed by atoms with E-state index in [1.165, 1.54) is 5.69 Å². The summed E-state index contributed by atoms with van der Waals surface area (Å²) in [6.45, 7) is 6.27. The van der Waals surface area contributed by atoms with E-state index in [-0.39, 0.29) is 0 Å². The van der Waals surface area contributed by atoms with Crippen molar-refractivity contribution in [1.82, 2.24) is 15.2 Å². The lowest BCUT2D eigenvalue weighted by atomic mass is 10.1. The molecule has 0 radical (unpaired) electrons. The molecule has 144 valence electrons. The predicted molar refractivity (Wildman–Crippen MR) is 113 cm³/mol. The van der Waals surface area contributed by atoms with Gasteiger partial charge in [-0.1, -0.05) is 12.1 Å². The monoisotopic (exact) mass is 376 g/mol. The molecule has 1 heterocycles. The molecule has 0 unspecified atom stereocenters. The number of hydrazone groups is 1. The fraction of sp³-hybridized carbons (Fsp3) is 0.238. The summed E-state index contributed by atoms with van der Waals surface area (Å²) < 4.78 is 5.17. The van der Waals surface area contributed by atoms with Gasteiger partial charge in [-0.3, -0.25) is 0 Å². The van der Waals surface area contributed by atoms with Crippen molar-refractivity contribution in [3.8, 4) is 17.0 Å². The first-order chi connectivity index (χ1) is 13.7. The summed E-state index contributed by atoms with van der Waals surface area (Å²) >= 11 is 0. The molecule has 0 spiro atoms. The van der Waals surface area contributed by atoms with E-state index in [0.717, 1.165) is 30.0 Å². The predicted octanol–water partition coefficient (Wildman–Crippen LogP) is 3.84. The molecule has 7 nitrogen and oxygen atoms in total. The highest BCUT2D eigenvalue weighted by Gasteiger charge is 2.04. The van der Waals surface area contributed by atoms with Crippen LogP contribution in [0.5, 0.6) is 5.75 Å². The summed E-state index contributed by atoms with van der Waals surface area (Å²) in [5.41, 5.74) is 6.66. The maximum atomic E-state index is 5.17. The van der Waals surface area contributed by atoms with E-state index in [2.05, 4.69) is 56.6 Å². The molecule has 0 saturated heterocycles. The zero-order chi connectivity index (χ0) is 19.8. The highest BCUT2D eigenvalue weighted by molar-refractivity contribution is 5.80. The molecule has 0 aliphatic heterocycles. The fourth-order valence-corrected chi connectivity index (χ4v) is 2.78. The largest absolute Gasteiger partial charge is 0.497 e. The van der Waals surface area contributed by atoms with Gasteiger partial charge in [0.2, 0.25) is 0 Å². The number of methoxy groups -OCH3 is 1. The minimum absolute atomic E-state index is 0.337. The molecule has 0 aliphatic rings. The molecule has 1 aromatic heterocycles. The second kappa shape index (κ2) is 9.45. The van der Waals surface area contributed by atoms with Crippen LogP contribution in [0.15, 0.2) is 59.8 Å². The van der Waals surface area contributed by atoms with Crippen molar-refractivity contribution in [1.29, 1.82) is 0 Å². The topological polar surface area (TPSA) is 75.5 Å². The van der Waals surface area contributed by atoms with E-state index >= 15 is 0 Å². The Hall–Kier alpha value is -3.48. The van der Waals surface area contributed by atoms with Crippen LogP contribution in [-0.2, 0) is 0 Å². The second-order valence-electron chi connectivity index (χ2n) is 6.03. The Kier molecular flexibility index (Phi) is 6.51. The van der Waals surface area contributed by atoms with Gasteiger partial charge in [0.25, 0.3) is 5.95 Å². The molecule has 1 N–H and O–H groups in total. The van der Waals surface area contributed by atoms with Crippen LogP contribution in [0.2, 0.25) is 0 Å². The smallest absolute Gasteiger partial charge is 0.263 e. The molecular formula is C21H24N6O. The Morgan fingerprint density at radius 2 is 1.75 bits per heavy atom. The molecule has 0 bridgehead atoms. The van der Waals surface area contributed by atoms with Crippen LogP contribution >= 0.6 is 0 Å². The first-order valence-electron chi connectivity index (χ1n) is 9.21. The van der Waals surface area contributed by atoms with Crippen molar-refractivity contribution in [3.63, 3.8) is 0 Å². The van der Waals surface area contributed by atoms with Crippen LogP contribution in [0.25, 0.3) is 11.3 Å². The molecular weight excluding hydrogens is 352 g/mol. The Labute approximate surface area is 165 Å². The fourth-order valence-electron chi connectivity index (χ4n) is 2.78. The van der Waals surface area contributed by atoms with E-state index in [1.807, 2.05) is 36.4 Å². The molecule has 0 fully saturated rings. The molecule has 0 amide bonds. The van der Waals surface area contributed by atoms with Gasteiger partial charge in [-0.15, -0.1) is 5.10 Å². The van der Waals surface area contributed by atoms with Crippen molar-refractivity contribution in [2.75, 3.05) is 30.5 Å². The third-order valence-corrected chi connectivity index (χ3v) is 4.34. The zero-order valence-electron chi connectivity index (χ0n) is 16.3. The summed E-state index contributed by atoms with van der Waals surface area (Å²) in [6.07, 6.45) is 3.35. The van der Waals surface area contributed by atoms with Gasteiger partial charge in [-0.2, -0.15) is 10.2 Å². The van der Waals surface area contributed by atoms with Crippen molar-refractivity contribution in [2.45, 2.75) is 13.8 Å². The number of aromatic nitrogens is 3. The van der Waals surface area contributed by atoms with Crippen molar-refractivity contribution < 1.29 is 4.74 Å². The highest BCUT2D eigenvalue weighted by Crippen LogP contribution is 2.20. The van der Waals surface area contributed by atoms with Crippen LogP contribution in [-0.4, -0.2) is 41.6 Å². The van der Waals surface area contributed by atoms with E-state index in [0.29, 0.717) is 11.6 Å². The number of anilines is 2. The first-order valence-corrected chi connectivity index (χ1v) is 9.21. The average Bonchev–Trinajstić information content (AvgIpc) is 2.76. The third-order valence-electron chi connectivity index (χ3n) is 4.34. The van der Waals surface area contributed by atoms with Gasteiger partial charge >= 0.3 is 0 Å². The lowest BCUT2D eigenvalue weighted by molar-refractivity contribution is 0.415. The normalized spacial score (nSPS) is 10.8. The number of hydrogen-bond acceptors (Lipinski definition) is 7. The van der Waals surface area contributed by atoms with Crippen LogP contribution in [0, 0.1) is 0 Å². The van der Waals surface area contributed by atoms with Gasteiger partial charge in [0.15, 0.2) is 0 Å². The number of hydrogen-bond donors (Lipinski definition) is 1. The summed E-state index contributed by atoms with van der Waals surface area (Å²) in [4.78, 5) is 6.74. The summed E-state index contributed by atoms with van der Waals surface area (Å²) in [7, 11) is 1.64. The maximum absolute atomic E-state index is 5.17. The van der Waals surface area contributed by atoms with E-state index < -0.39 is 0 Å². The van der Waals surface area contributed by atoms with Crippen LogP contribution in [0.3, 0.4) is 0 Å². The number of nitrogens with zero attached hydrogens (tertiary/aromatic N) is 5. The lowest BCUT2D eigenvalue weighted by Gasteiger charge is -2.20. The van der Waals surface area contributed by atoms with Crippen LogP contribution < -0.4 is 15.1 Å². The van der Waals surface area contributed by atoms with Gasteiger partial charge in [-0.05, 0) is 55.8 Å². The SMILES string of the molecule is CCN(CC)c1ccc(/C=N\Nc2nncc(-c3ccc(OC)cc3)n2)cc1. The number of nitrogens with one attached hydrogen (secondary N) is 1. The Bertz CT molecular complexity index is 905. The lowest BCUT2D eigenvalue weighted by Crippen LogP contribution is -2.21. The van der Waals surface area contributed by atoms with E-state index in [4.69, 9.17) is 4.74 Å². The molecule has 0 saturated carbocycles. The molecule has 2 aromatic carbocycles. The van der Waals surface area contributed by atoms with Crippen LogP contribution in [0.4, 0.5) is 11.6 Å². The van der Waals surface area contributed by atoms with Crippen LogP contribution in [0.1, 0.15) is 19.4 Å². The van der Waals surface area contributed by atoms with E-state index in [1.54, 1.807) is 19.5 Å². The van der Waals surface area contributed by atoms with Gasteiger partial charge in [0.1, 0.15) is 5.75 Å². The Morgan fingerprint density at radius 3 is 2.39 bits per heavy atom. The summed E-state index contributed by atoms with van der Waals surface area (Å²) in [5.74, 6) is 1.13. The standard InChI is InChI=1S/C21H24N6O/c1-4-27(5-2)18-10-6-16(7-11-18)14-22-25-21-24-20(15-23-26-21)17-8-12-19(28-3)13-9-17/h6-15H,4-5H2,1-3H3,(H,24,25,26)/b22-14-. The highest BCUT2D eigenvalue weighted by atomic mass is 16.5. The molecule has 7 heteroatoms. The Morgan fingerprint density at radius 1 is 1.04 bits per heavy atom. The quantitative estimate of drug-likeness (QED) is 0.475. The minimum Gasteiger partial charge on any atom is -0.497 e. The van der Waals surface area contributed by atoms with Gasteiger partial charge < -0.3 is 9.64 Å². The van der Waals surface area contributed by atoms with Gasteiger partial charge in [-0.25, -0.2) is 10.4 Å². The van der Waals surface area contributed by atoms with Gasteiger partial charge in [0.05, 0.1) is 25.2 Å². The van der Waals surface area contributed by atoms with Gasteiger partial charge in [0, 0.05) is 24.3 Å². The third kappa shape index (κ3) is 4.82. The van der Waals surface area contributed by atoms with Crippen molar-refractivity contribution in [3.05, 3.63) is 60.3 Å². The molecule has 3 rings (SSSR count). The summed E-state index contributed by atoms with van der Waals surface area (Å²) in [6, 6.07) is 15.9. The zero-order valence-corrected chi connectivity index (χ0v) is 16.3. The number of rotatable bonds is 8. The number of ether oxygens (including phenoxy) is 1. The average molecular weight is 376 g/mol. The first kappa shape index (κ1) is 19.3. The maximum Gasteiger partial charge on any atom is 0.263 e. The molecule has 28 heavy (non-hydrogen) atoms. The minimum atomic E-state index is 0.337. The molecule has 0 atom stereocenters. The van der Waals surface area contributed by atoms with E-state index in [9.17, 15) is 0 Å². The Balaban J connectivity index is 1.65.